The van der Waals surface area contributed by atoms with Crippen LogP contribution in [0.4, 0.5) is 5.69 Å². The van der Waals surface area contributed by atoms with E-state index in [1.54, 1.807) is 10.9 Å². The predicted molar refractivity (Wildman–Crippen MR) is 82.5 cm³/mol. The van der Waals surface area contributed by atoms with Gasteiger partial charge in [-0.25, -0.2) is 9.97 Å². The molecule has 3 heterocycles. The van der Waals surface area contributed by atoms with Crippen LogP contribution in [0.2, 0.25) is 5.15 Å². The van der Waals surface area contributed by atoms with Crippen molar-refractivity contribution in [3.63, 3.8) is 0 Å². The Hall–Kier alpha value is -2.14. The summed E-state index contributed by atoms with van der Waals surface area (Å²) in [5.74, 6) is 0.729. The molecule has 0 fully saturated rings. The van der Waals surface area contributed by atoms with Gasteiger partial charge in [0.25, 0.3) is 0 Å². The molecule has 5 nitrogen and oxygen atoms in total. The minimum Gasteiger partial charge on any atom is -0.363 e. The molecule has 0 N–H and O–H groups in total. The summed E-state index contributed by atoms with van der Waals surface area (Å²) in [5, 5.41) is 5.45. The molecule has 0 radical (unpaired) electrons. The van der Waals surface area contributed by atoms with Crippen LogP contribution in [-0.4, -0.2) is 26.3 Å². The molecule has 0 bridgehead atoms. The summed E-state index contributed by atoms with van der Waals surface area (Å²) in [6.07, 6.45) is 2.77. The van der Waals surface area contributed by atoms with Crippen LogP contribution in [0.5, 0.6) is 0 Å². The number of aromatic nitrogens is 4. The van der Waals surface area contributed by atoms with E-state index in [9.17, 15) is 0 Å². The Morgan fingerprint density at radius 2 is 2.10 bits per heavy atom. The highest BCUT2D eigenvalue weighted by molar-refractivity contribution is 6.33. The lowest BCUT2D eigenvalue weighted by molar-refractivity contribution is 0.761. The maximum atomic E-state index is 6.24. The quantitative estimate of drug-likeness (QED) is 0.682. The molecule has 3 aromatic rings. The topological polar surface area (TPSA) is 46.8 Å². The van der Waals surface area contributed by atoms with Gasteiger partial charge in [-0.2, -0.15) is 5.10 Å². The maximum absolute atomic E-state index is 6.24. The second kappa shape index (κ2) is 4.70. The number of para-hydroxylation sites is 1. The van der Waals surface area contributed by atoms with Crippen molar-refractivity contribution in [1.29, 1.82) is 0 Å². The van der Waals surface area contributed by atoms with Gasteiger partial charge < -0.3 is 4.90 Å². The first kappa shape index (κ1) is 12.6. The zero-order chi connectivity index (χ0) is 14.4. The highest BCUT2D eigenvalue weighted by Crippen LogP contribution is 2.29. The number of hydrogen-bond acceptors (Lipinski definition) is 4. The van der Waals surface area contributed by atoms with Crippen molar-refractivity contribution in [1.82, 2.24) is 19.7 Å². The number of fused-ring (bicyclic) bond motifs is 2. The average Bonchev–Trinajstić information content (AvgIpc) is 3.05. The largest absolute Gasteiger partial charge is 0.363 e. The Labute approximate surface area is 127 Å². The molecule has 4 rings (SSSR count). The van der Waals surface area contributed by atoms with Gasteiger partial charge >= 0.3 is 0 Å². The van der Waals surface area contributed by atoms with Crippen molar-refractivity contribution in [2.24, 2.45) is 7.05 Å². The van der Waals surface area contributed by atoms with Gasteiger partial charge in [-0.05, 0) is 18.1 Å². The Kier molecular flexibility index (Phi) is 2.82. The molecule has 2 aromatic heterocycles. The smallest absolute Gasteiger partial charge is 0.162 e. The third kappa shape index (κ3) is 2.05. The van der Waals surface area contributed by atoms with E-state index < -0.39 is 0 Å². The van der Waals surface area contributed by atoms with Gasteiger partial charge in [0, 0.05) is 19.3 Å². The molecule has 0 unspecified atom stereocenters. The van der Waals surface area contributed by atoms with E-state index in [1.165, 1.54) is 11.3 Å². The molecule has 0 spiro atoms. The van der Waals surface area contributed by atoms with Gasteiger partial charge in [0.2, 0.25) is 0 Å². The molecular weight excluding hydrogens is 286 g/mol. The Morgan fingerprint density at radius 1 is 1.24 bits per heavy atom. The second-order valence-corrected chi connectivity index (χ2v) is 5.59. The highest BCUT2D eigenvalue weighted by atomic mass is 35.5. The first-order valence-electron chi connectivity index (χ1n) is 6.89. The Balaban J connectivity index is 1.71. The summed E-state index contributed by atoms with van der Waals surface area (Å²) in [4.78, 5) is 11.3. The number of aryl methyl sites for hydroxylation is 1. The lowest BCUT2D eigenvalue weighted by atomic mass is 10.2. The molecule has 6 heteroatoms. The number of nitrogens with zero attached hydrogens (tertiary/aromatic N) is 5. The van der Waals surface area contributed by atoms with Gasteiger partial charge in [0.05, 0.1) is 18.1 Å². The summed E-state index contributed by atoms with van der Waals surface area (Å²) in [7, 11) is 1.86. The summed E-state index contributed by atoms with van der Waals surface area (Å²) in [6, 6.07) is 8.47. The van der Waals surface area contributed by atoms with Gasteiger partial charge in [0.15, 0.2) is 11.5 Å². The van der Waals surface area contributed by atoms with Gasteiger partial charge in [-0.1, -0.05) is 29.8 Å². The van der Waals surface area contributed by atoms with Crippen LogP contribution < -0.4 is 4.90 Å². The highest BCUT2D eigenvalue weighted by Gasteiger charge is 2.20. The molecule has 0 aliphatic carbocycles. The van der Waals surface area contributed by atoms with Crippen LogP contribution >= 0.6 is 11.6 Å². The maximum Gasteiger partial charge on any atom is 0.162 e. The van der Waals surface area contributed by atoms with Gasteiger partial charge in [-0.3, -0.25) is 4.68 Å². The second-order valence-electron chi connectivity index (χ2n) is 5.24. The lowest BCUT2D eigenvalue weighted by Crippen LogP contribution is -2.21. The molecule has 106 valence electrons. The van der Waals surface area contributed by atoms with Crippen molar-refractivity contribution in [3.8, 4) is 0 Å². The summed E-state index contributed by atoms with van der Waals surface area (Å²) >= 11 is 6.24. The van der Waals surface area contributed by atoms with E-state index in [4.69, 9.17) is 11.6 Å². The van der Waals surface area contributed by atoms with Crippen molar-refractivity contribution >= 4 is 28.3 Å². The third-order valence-electron chi connectivity index (χ3n) is 3.91. The molecule has 0 saturated heterocycles. The normalized spacial score (nSPS) is 13.9. The van der Waals surface area contributed by atoms with Crippen LogP contribution in [0.25, 0.3) is 11.0 Å². The van der Waals surface area contributed by atoms with Crippen LogP contribution in [0.1, 0.15) is 11.4 Å². The SMILES string of the molecule is Cn1ncc2c(Cl)nc(CN3CCc4ccccc43)nc21. The van der Waals surface area contributed by atoms with Crippen LogP contribution in [0, 0.1) is 0 Å². The molecule has 21 heavy (non-hydrogen) atoms. The zero-order valence-electron chi connectivity index (χ0n) is 11.6. The predicted octanol–water partition coefficient (Wildman–Crippen LogP) is 2.58. The van der Waals surface area contributed by atoms with Gasteiger partial charge in [0.1, 0.15) is 5.15 Å². The Morgan fingerprint density at radius 3 is 3.00 bits per heavy atom. The van der Waals surface area contributed by atoms with Gasteiger partial charge in [-0.15, -0.1) is 0 Å². The number of rotatable bonds is 2. The van der Waals surface area contributed by atoms with E-state index in [-0.39, 0.29) is 0 Å². The summed E-state index contributed by atoms with van der Waals surface area (Å²) < 4.78 is 1.73. The third-order valence-corrected chi connectivity index (χ3v) is 4.20. The van der Waals surface area contributed by atoms with E-state index in [1.807, 2.05) is 7.05 Å². The first-order chi connectivity index (χ1) is 10.2. The molecule has 1 aliphatic heterocycles. The van der Waals surface area contributed by atoms with Crippen molar-refractivity contribution < 1.29 is 0 Å². The van der Waals surface area contributed by atoms with Crippen molar-refractivity contribution in [2.75, 3.05) is 11.4 Å². The fourth-order valence-electron chi connectivity index (χ4n) is 2.84. The lowest BCUT2D eigenvalue weighted by Gasteiger charge is -2.18. The van der Waals surface area contributed by atoms with Crippen LogP contribution in [0.3, 0.4) is 0 Å². The number of hydrogen-bond donors (Lipinski definition) is 0. The summed E-state index contributed by atoms with van der Waals surface area (Å²) in [5.41, 5.74) is 3.42. The number of halogens is 1. The zero-order valence-corrected chi connectivity index (χ0v) is 12.4. The Bertz CT molecular complexity index is 826. The van der Waals surface area contributed by atoms with E-state index in [0.717, 1.165) is 29.8 Å². The summed E-state index contributed by atoms with van der Waals surface area (Å²) in [6.45, 7) is 1.65. The molecule has 1 aliphatic rings. The molecule has 1 aromatic carbocycles. The molecule has 0 saturated carbocycles. The standard InChI is InChI=1S/C15H14ClN5/c1-20-15-11(8-17-20)14(16)18-13(19-15)9-21-7-6-10-4-2-3-5-12(10)21/h2-5,8H,6-7,9H2,1H3. The first-order valence-corrected chi connectivity index (χ1v) is 7.27. The number of anilines is 1. The minimum atomic E-state index is 0.468. The fraction of sp³-hybridized carbons (Fsp3) is 0.267. The number of benzene rings is 1. The van der Waals surface area contributed by atoms with Crippen LogP contribution in [-0.2, 0) is 20.0 Å². The molecular formula is C15H14ClN5. The fourth-order valence-corrected chi connectivity index (χ4v) is 3.07. The monoisotopic (exact) mass is 299 g/mol. The molecule has 0 amide bonds. The van der Waals surface area contributed by atoms with E-state index in [0.29, 0.717) is 11.7 Å². The van der Waals surface area contributed by atoms with Crippen molar-refractivity contribution in [2.45, 2.75) is 13.0 Å². The minimum absolute atomic E-state index is 0.468. The van der Waals surface area contributed by atoms with E-state index in [2.05, 4.69) is 44.2 Å². The molecule has 0 atom stereocenters. The van der Waals surface area contributed by atoms with E-state index >= 15 is 0 Å². The van der Waals surface area contributed by atoms with Crippen LogP contribution in [0.15, 0.2) is 30.5 Å². The van der Waals surface area contributed by atoms with Crippen molar-refractivity contribution in [3.05, 3.63) is 47.0 Å². The average molecular weight is 300 g/mol.